The summed E-state index contributed by atoms with van der Waals surface area (Å²) in [5.74, 6) is 5.53. The monoisotopic (exact) mass is 448 g/mol. The Morgan fingerprint density at radius 2 is 1.69 bits per heavy atom. The summed E-state index contributed by atoms with van der Waals surface area (Å²) in [7, 11) is 0. The van der Waals surface area contributed by atoms with Crippen LogP contribution in [0.3, 0.4) is 0 Å². The van der Waals surface area contributed by atoms with Gasteiger partial charge in [-0.15, -0.1) is 0 Å². The minimum absolute atomic E-state index is 0.160. The summed E-state index contributed by atoms with van der Waals surface area (Å²) in [6.45, 7) is 9.48. The normalized spacial score (nSPS) is 13.2. The minimum Gasteiger partial charge on any atom is -0.486 e. The van der Waals surface area contributed by atoms with Crippen molar-refractivity contribution in [3.8, 4) is 5.75 Å². The molecule has 0 fully saturated rings. The summed E-state index contributed by atoms with van der Waals surface area (Å²) in [5, 5.41) is 10.6. The first-order valence-corrected chi connectivity index (χ1v) is 9.91. The molecule has 0 bridgehead atoms. The molecule has 1 unspecified atom stereocenters. The quantitative estimate of drug-likeness (QED) is 0.286. The predicted octanol–water partition coefficient (Wildman–Crippen LogP) is 5.85. The third kappa shape index (κ3) is 6.88. The number of hydrazine groups is 1. The number of alkyl halides is 3. The van der Waals surface area contributed by atoms with E-state index >= 15 is 0 Å². The summed E-state index contributed by atoms with van der Waals surface area (Å²) in [6.07, 6.45) is -4.92. The topological polar surface area (TPSA) is 75.8 Å². The van der Waals surface area contributed by atoms with E-state index in [1.54, 1.807) is 20.8 Å². The number of carboxylic acid groups (broad SMARTS) is 1. The van der Waals surface area contributed by atoms with Gasteiger partial charge >= 0.3 is 12.1 Å². The standard InChI is InChI=1S/C24H27F3N2O3/c1-15(2)22(13-23(30)31)16(3)29(28)14-18-5-7-19(8-6-18)17(4)32-21-11-9-20(10-12-21)24(25,26)27/h5-12,17H,1,13-14,28H2,2-4H3,(H,30,31)/b22-16-. The molecule has 3 N–H and O–H groups in total. The van der Waals surface area contributed by atoms with Crippen LogP contribution in [-0.2, 0) is 17.5 Å². The van der Waals surface area contributed by atoms with Crippen LogP contribution >= 0.6 is 0 Å². The summed E-state index contributed by atoms with van der Waals surface area (Å²) >= 11 is 0. The zero-order chi connectivity index (χ0) is 24.1. The number of hydrogen-bond acceptors (Lipinski definition) is 4. The van der Waals surface area contributed by atoms with E-state index in [0.29, 0.717) is 29.1 Å². The van der Waals surface area contributed by atoms with Gasteiger partial charge in [0, 0.05) is 5.70 Å². The van der Waals surface area contributed by atoms with Crippen LogP contribution in [0.15, 0.2) is 72.0 Å². The molecular formula is C24H27F3N2O3. The zero-order valence-corrected chi connectivity index (χ0v) is 18.2. The van der Waals surface area contributed by atoms with Crippen molar-refractivity contribution in [2.75, 3.05) is 0 Å². The third-order valence-electron chi connectivity index (χ3n) is 5.01. The van der Waals surface area contributed by atoms with Crippen molar-refractivity contribution < 1.29 is 27.8 Å². The molecule has 8 heteroatoms. The maximum absolute atomic E-state index is 12.7. The smallest absolute Gasteiger partial charge is 0.416 e. The molecule has 32 heavy (non-hydrogen) atoms. The van der Waals surface area contributed by atoms with Gasteiger partial charge in [-0.25, -0.2) is 5.84 Å². The van der Waals surface area contributed by atoms with Gasteiger partial charge in [-0.1, -0.05) is 36.4 Å². The predicted molar refractivity (Wildman–Crippen MR) is 116 cm³/mol. The number of hydrogen-bond donors (Lipinski definition) is 2. The average molecular weight is 448 g/mol. The second kappa shape index (κ2) is 10.4. The van der Waals surface area contributed by atoms with E-state index in [2.05, 4.69) is 6.58 Å². The third-order valence-corrected chi connectivity index (χ3v) is 5.01. The van der Waals surface area contributed by atoms with Gasteiger partial charge < -0.3 is 14.9 Å². The lowest BCUT2D eigenvalue weighted by Gasteiger charge is -2.23. The van der Waals surface area contributed by atoms with Crippen LogP contribution in [-0.4, -0.2) is 16.1 Å². The van der Waals surface area contributed by atoms with Gasteiger partial charge in [0.05, 0.1) is 18.5 Å². The van der Waals surface area contributed by atoms with Crippen molar-refractivity contribution in [2.45, 2.75) is 46.0 Å². The Morgan fingerprint density at radius 3 is 2.16 bits per heavy atom. The van der Waals surface area contributed by atoms with Crippen LogP contribution in [0.2, 0.25) is 0 Å². The first-order chi connectivity index (χ1) is 14.9. The van der Waals surface area contributed by atoms with E-state index in [1.165, 1.54) is 17.1 Å². The number of halogens is 3. The highest BCUT2D eigenvalue weighted by atomic mass is 19.4. The Labute approximate surface area is 185 Å². The van der Waals surface area contributed by atoms with Crippen molar-refractivity contribution in [3.63, 3.8) is 0 Å². The fourth-order valence-electron chi connectivity index (χ4n) is 3.12. The van der Waals surface area contributed by atoms with Crippen LogP contribution in [0.25, 0.3) is 0 Å². The molecule has 0 heterocycles. The van der Waals surface area contributed by atoms with E-state index < -0.39 is 17.7 Å². The van der Waals surface area contributed by atoms with E-state index in [9.17, 15) is 18.0 Å². The molecule has 1 atom stereocenters. The van der Waals surface area contributed by atoms with Crippen LogP contribution in [0.1, 0.15) is 50.0 Å². The maximum atomic E-state index is 12.7. The molecule has 2 aromatic carbocycles. The first kappa shape index (κ1) is 25.0. The van der Waals surface area contributed by atoms with Gasteiger partial charge in [0.2, 0.25) is 0 Å². The SMILES string of the molecule is C=C(C)/C(CC(=O)O)=C(/C)N(N)Cc1ccc(C(C)Oc2ccc(C(F)(F)F)cc2)cc1. The van der Waals surface area contributed by atoms with E-state index in [-0.39, 0.29) is 12.5 Å². The van der Waals surface area contributed by atoms with Gasteiger partial charge in [0.25, 0.3) is 0 Å². The lowest BCUT2D eigenvalue weighted by molar-refractivity contribution is -0.138. The fraction of sp³-hybridized carbons (Fsp3) is 0.292. The second-order valence-corrected chi connectivity index (χ2v) is 7.57. The molecule has 0 saturated heterocycles. The number of carboxylic acids is 1. The van der Waals surface area contributed by atoms with Gasteiger partial charge in [-0.2, -0.15) is 13.2 Å². The molecule has 0 aliphatic rings. The van der Waals surface area contributed by atoms with E-state index in [1.807, 2.05) is 24.3 Å². The van der Waals surface area contributed by atoms with Crippen LogP contribution in [0.4, 0.5) is 13.2 Å². The van der Waals surface area contributed by atoms with Crippen molar-refractivity contribution >= 4 is 5.97 Å². The number of nitrogens with two attached hydrogens (primary N) is 1. The Kier molecular flexibility index (Phi) is 8.10. The van der Waals surface area contributed by atoms with Crippen LogP contribution in [0.5, 0.6) is 5.75 Å². The number of carbonyl (C=O) groups is 1. The van der Waals surface area contributed by atoms with Crippen LogP contribution < -0.4 is 10.6 Å². The molecule has 0 spiro atoms. The number of allylic oxidation sites excluding steroid dienone is 2. The molecule has 0 amide bonds. The van der Waals surface area contributed by atoms with E-state index in [4.69, 9.17) is 15.7 Å². The molecular weight excluding hydrogens is 421 g/mol. The maximum Gasteiger partial charge on any atom is 0.416 e. The lowest BCUT2D eigenvalue weighted by Crippen LogP contribution is -2.30. The van der Waals surface area contributed by atoms with Gasteiger partial charge in [0.1, 0.15) is 11.9 Å². The van der Waals surface area contributed by atoms with Crippen molar-refractivity contribution in [1.82, 2.24) is 5.01 Å². The van der Waals surface area contributed by atoms with E-state index in [0.717, 1.165) is 23.3 Å². The molecule has 172 valence electrons. The summed E-state index contributed by atoms with van der Waals surface area (Å²) in [4.78, 5) is 11.1. The number of nitrogens with zero attached hydrogens (tertiary/aromatic N) is 1. The molecule has 5 nitrogen and oxygen atoms in total. The van der Waals surface area contributed by atoms with Crippen molar-refractivity contribution in [1.29, 1.82) is 0 Å². The number of aliphatic carboxylic acids is 1. The second-order valence-electron chi connectivity index (χ2n) is 7.57. The molecule has 0 radical (unpaired) electrons. The highest BCUT2D eigenvalue weighted by molar-refractivity contribution is 5.71. The Hall–Kier alpha value is -3.26. The molecule has 0 saturated carbocycles. The largest absolute Gasteiger partial charge is 0.486 e. The van der Waals surface area contributed by atoms with Crippen molar-refractivity contribution in [2.24, 2.45) is 5.84 Å². The zero-order valence-electron chi connectivity index (χ0n) is 18.2. The Bertz CT molecular complexity index is 981. The molecule has 2 rings (SSSR count). The summed E-state index contributed by atoms with van der Waals surface area (Å²) in [6, 6.07) is 12.0. The summed E-state index contributed by atoms with van der Waals surface area (Å²) < 4.78 is 43.8. The van der Waals surface area contributed by atoms with Gasteiger partial charge in [-0.05, 0) is 61.7 Å². The lowest BCUT2D eigenvalue weighted by atomic mass is 10.0. The van der Waals surface area contributed by atoms with Crippen molar-refractivity contribution in [3.05, 3.63) is 88.6 Å². The number of ether oxygens (including phenoxy) is 1. The Morgan fingerprint density at radius 1 is 1.12 bits per heavy atom. The highest BCUT2D eigenvalue weighted by Crippen LogP contribution is 2.31. The average Bonchev–Trinajstić information content (AvgIpc) is 2.71. The van der Waals surface area contributed by atoms with Gasteiger partial charge in [-0.3, -0.25) is 4.79 Å². The highest BCUT2D eigenvalue weighted by Gasteiger charge is 2.30. The number of benzene rings is 2. The first-order valence-electron chi connectivity index (χ1n) is 9.91. The minimum atomic E-state index is -4.39. The Balaban J connectivity index is 2.06. The van der Waals surface area contributed by atoms with Crippen LogP contribution in [0, 0.1) is 0 Å². The molecule has 0 aliphatic carbocycles. The van der Waals surface area contributed by atoms with Gasteiger partial charge in [0.15, 0.2) is 0 Å². The molecule has 0 aliphatic heterocycles. The summed E-state index contributed by atoms with van der Waals surface area (Å²) in [5.41, 5.74) is 2.87. The number of rotatable bonds is 9. The molecule has 2 aromatic rings. The fourth-order valence-corrected chi connectivity index (χ4v) is 3.12. The molecule has 0 aromatic heterocycles.